The van der Waals surface area contributed by atoms with Crippen LogP contribution in [-0.2, 0) is 0 Å². The van der Waals surface area contributed by atoms with E-state index in [0.717, 1.165) is 47.2 Å². The molecular formula is C20H20Cl2N4S. The maximum atomic E-state index is 6.36. The largest absolute Gasteiger partial charge is 0.370 e. The first-order valence-electron chi connectivity index (χ1n) is 9.20. The Balaban J connectivity index is 1.35. The lowest BCUT2D eigenvalue weighted by molar-refractivity contribution is 0.174. The molecule has 2 fully saturated rings. The number of rotatable bonds is 2. The lowest BCUT2D eigenvalue weighted by atomic mass is 9.73. The van der Waals surface area contributed by atoms with Crippen LogP contribution in [0, 0.1) is 12.3 Å². The number of piperidine rings is 1. The molecule has 2 aliphatic rings. The highest BCUT2D eigenvalue weighted by atomic mass is 35.5. The zero-order valence-corrected chi connectivity index (χ0v) is 17.4. The van der Waals surface area contributed by atoms with Crippen LogP contribution >= 0.6 is 34.5 Å². The summed E-state index contributed by atoms with van der Waals surface area (Å²) in [6.45, 7) is 6.36. The van der Waals surface area contributed by atoms with Crippen LogP contribution in [0.25, 0.3) is 10.2 Å². The SMILES string of the molecule is Cc1cc(N2CC3(CCCN(c4nc5cc(Cl)cc(Cl)c5s4)C3)C2)ccn1. The summed E-state index contributed by atoms with van der Waals surface area (Å²) in [6.07, 6.45) is 4.38. The van der Waals surface area contributed by atoms with Crippen molar-refractivity contribution in [3.05, 3.63) is 46.2 Å². The highest BCUT2D eigenvalue weighted by Gasteiger charge is 2.46. The van der Waals surface area contributed by atoms with E-state index in [-0.39, 0.29) is 0 Å². The third kappa shape index (κ3) is 3.16. The summed E-state index contributed by atoms with van der Waals surface area (Å²) in [5.41, 5.74) is 3.61. The fourth-order valence-corrected chi connectivity index (χ4v) is 5.96. The van der Waals surface area contributed by atoms with E-state index in [4.69, 9.17) is 28.2 Å². The van der Waals surface area contributed by atoms with Gasteiger partial charge < -0.3 is 9.80 Å². The van der Waals surface area contributed by atoms with Gasteiger partial charge in [-0.25, -0.2) is 4.98 Å². The van der Waals surface area contributed by atoms with Crippen molar-refractivity contribution in [3.8, 4) is 0 Å². The third-order valence-electron chi connectivity index (χ3n) is 5.63. The number of aryl methyl sites for hydroxylation is 1. The number of fused-ring (bicyclic) bond motifs is 1. The number of hydrogen-bond acceptors (Lipinski definition) is 5. The minimum Gasteiger partial charge on any atom is -0.370 e. The number of halogens is 2. The lowest BCUT2D eigenvalue weighted by Gasteiger charge is -2.55. The molecule has 0 saturated carbocycles. The Morgan fingerprint density at radius 1 is 1.11 bits per heavy atom. The molecule has 3 aromatic rings. The molecule has 2 saturated heterocycles. The van der Waals surface area contributed by atoms with Crippen molar-refractivity contribution < 1.29 is 0 Å². The van der Waals surface area contributed by atoms with Gasteiger partial charge in [-0.3, -0.25) is 4.98 Å². The molecule has 140 valence electrons. The van der Waals surface area contributed by atoms with Gasteiger partial charge >= 0.3 is 0 Å². The van der Waals surface area contributed by atoms with Gasteiger partial charge in [0.2, 0.25) is 0 Å². The summed E-state index contributed by atoms with van der Waals surface area (Å²) in [5, 5.41) is 2.39. The van der Waals surface area contributed by atoms with Crippen molar-refractivity contribution in [1.29, 1.82) is 0 Å². The Hall–Kier alpha value is -1.56. The Morgan fingerprint density at radius 3 is 2.74 bits per heavy atom. The fourth-order valence-electron chi connectivity index (χ4n) is 4.39. The highest BCUT2D eigenvalue weighted by Crippen LogP contribution is 2.44. The van der Waals surface area contributed by atoms with E-state index in [0.29, 0.717) is 15.5 Å². The second-order valence-electron chi connectivity index (χ2n) is 7.77. The molecule has 2 aliphatic heterocycles. The number of hydrogen-bond donors (Lipinski definition) is 0. The second kappa shape index (κ2) is 6.50. The Labute approximate surface area is 172 Å². The quantitative estimate of drug-likeness (QED) is 0.556. The van der Waals surface area contributed by atoms with Gasteiger partial charge in [-0.15, -0.1) is 0 Å². The molecule has 0 unspecified atom stereocenters. The van der Waals surface area contributed by atoms with Crippen LogP contribution in [0.4, 0.5) is 10.8 Å². The van der Waals surface area contributed by atoms with Gasteiger partial charge in [-0.2, -0.15) is 0 Å². The molecule has 7 heteroatoms. The molecule has 0 atom stereocenters. The van der Waals surface area contributed by atoms with Gasteiger partial charge in [0.25, 0.3) is 0 Å². The van der Waals surface area contributed by atoms with Crippen molar-refractivity contribution in [3.63, 3.8) is 0 Å². The number of pyridine rings is 1. The molecule has 4 heterocycles. The number of anilines is 2. The van der Waals surface area contributed by atoms with Crippen LogP contribution < -0.4 is 9.80 Å². The molecule has 0 amide bonds. The predicted octanol–water partition coefficient (Wildman–Crippen LogP) is 5.41. The first kappa shape index (κ1) is 17.5. The van der Waals surface area contributed by atoms with Crippen LogP contribution in [0.3, 0.4) is 0 Å². The summed E-state index contributed by atoms with van der Waals surface area (Å²) in [7, 11) is 0. The van der Waals surface area contributed by atoms with Crippen molar-refractivity contribution in [2.45, 2.75) is 19.8 Å². The van der Waals surface area contributed by atoms with Gasteiger partial charge in [-0.05, 0) is 44.0 Å². The molecule has 0 radical (unpaired) electrons. The smallest absolute Gasteiger partial charge is 0.186 e. The van der Waals surface area contributed by atoms with Crippen molar-refractivity contribution in [2.24, 2.45) is 5.41 Å². The minimum absolute atomic E-state index is 0.356. The number of nitrogens with zero attached hydrogens (tertiary/aromatic N) is 4. The topological polar surface area (TPSA) is 32.3 Å². The molecule has 4 nitrogen and oxygen atoms in total. The molecule has 5 rings (SSSR count). The monoisotopic (exact) mass is 418 g/mol. The Morgan fingerprint density at radius 2 is 1.93 bits per heavy atom. The standard InChI is InChI=1S/C20H20Cl2N4S/c1-13-7-15(3-5-23-13)26-11-20(12-26)4-2-6-25(10-20)19-24-17-9-14(21)8-16(22)18(17)27-19/h3,5,7-9H,2,4,6,10-12H2,1H3. The van der Waals surface area contributed by atoms with E-state index in [2.05, 4.69) is 26.9 Å². The third-order valence-corrected chi connectivity index (χ3v) is 7.42. The maximum Gasteiger partial charge on any atom is 0.186 e. The zero-order chi connectivity index (χ0) is 18.6. The van der Waals surface area contributed by atoms with Gasteiger partial charge in [0.05, 0.1) is 15.2 Å². The second-order valence-corrected chi connectivity index (χ2v) is 9.59. The summed E-state index contributed by atoms with van der Waals surface area (Å²) >= 11 is 14.2. The number of thiazole rings is 1. The molecule has 27 heavy (non-hydrogen) atoms. The van der Waals surface area contributed by atoms with E-state index in [9.17, 15) is 0 Å². The molecule has 0 aliphatic carbocycles. The van der Waals surface area contributed by atoms with Crippen LogP contribution in [0.5, 0.6) is 0 Å². The molecule has 0 N–H and O–H groups in total. The van der Waals surface area contributed by atoms with Gasteiger partial charge in [-0.1, -0.05) is 34.5 Å². The molecule has 1 spiro atoms. The van der Waals surface area contributed by atoms with Gasteiger partial charge in [0, 0.05) is 54.2 Å². The average Bonchev–Trinajstić information content (AvgIpc) is 3.04. The fraction of sp³-hybridized carbons (Fsp3) is 0.400. The lowest BCUT2D eigenvalue weighted by Crippen LogP contribution is -2.63. The molecular weight excluding hydrogens is 399 g/mol. The summed E-state index contributed by atoms with van der Waals surface area (Å²) in [6, 6.07) is 7.98. The highest BCUT2D eigenvalue weighted by molar-refractivity contribution is 7.22. The zero-order valence-electron chi connectivity index (χ0n) is 15.1. The number of benzene rings is 1. The first-order valence-corrected chi connectivity index (χ1v) is 10.8. The van der Waals surface area contributed by atoms with Crippen LogP contribution in [0.15, 0.2) is 30.5 Å². The molecule has 0 bridgehead atoms. The predicted molar refractivity (Wildman–Crippen MR) is 115 cm³/mol. The Bertz CT molecular complexity index is 1010. The van der Waals surface area contributed by atoms with Crippen LogP contribution in [0.1, 0.15) is 18.5 Å². The van der Waals surface area contributed by atoms with Crippen LogP contribution in [-0.4, -0.2) is 36.1 Å². The van der Waals surface area contributed by atoms with E-state index < -0.39 is 0 Å². The summed E-state index contributed by atoms with van der Waals surface area (Å²) < 4.78 is 1.03. The maximum absolute atomic E-state index is 6.36. The average molecular weight is 419 g/mol. The van der Waals surface area contributed by atoms with Crippen molar-refractivity contribution in [1.82, 2.24) is 9.97 Å². The van der Waals surface area contributed by atoms with Crippen molar-refractivity contribution in [2.75, 3.05) is 36.0 Å². The summed E-state index contributed by atoms with van der Waals surface area (Å²) in [4.78, 5) is 14.0. The summed E-state index contributed by atoms with van der Waals surface area (Å²) in [5.74, 6) is 0. The van der Waals surface area contributed by atoms with E-state index in [1.54, 1.807) is 17.4 Å². The molecule has 1 aromatic carbocycles. The van der Waals surface area contributed by atoms with E-state index >= 15 is 0 Å². The van der Waals surface area contributed by atoms with Crippen LogP contribution in [0.2, 0.25) is 10.0 Å². The van der Waals surface area contributed by atoms with E-state index in [1.807, 2.05) is 19.2 Å². The van der Waals surface area contributed by atoms with E-state index in [1.165, 1.54) is 18.5 Å². The molecule has 2 aromatic heterocycles. The van der Waals surface area contributed by atoms with Gasteiger partial charge in [0.15, 0.2) is 5.13 Å². The number of aromatic nitrogens is 2. The Kier molecular flexibility index (Phi) is 4.22. The van der Waals surface area contributed by atoms with Gasteiger partial charge in [0.1, 0.15) is 0 Å². The minimum atomic E-state index is 0.356. The first-order chi connectivity index (χ1) is 13.0. The van der Waals surface area contributed by atoms with Crippen molar-refractivity contribution >= 4 is 55.6 Å². The normalized spacial score (nSPS) is 18.9.